The second-order valence-corrected chi connectivity index (χ2v) is 11.7. The van der Waals surface area contributed by atoms with Crippen molar-refractivity contribution in [3.05, 3.63) is 71.8 Å². The maximum absolute atomic E-state index is 13.6. The Bertz CT molecular complexity index is 1390. The first-order valence-corrected chi connectivity index (χ1v) is 16.1. The highest BCUT2D eigenvalue weighted by molar-refractivity contribution is 7.80. The number of amides is 4. The van der Waals surface area contributed by atoms with Gasteiger partial charge in [-0.2, -0.15) is 12.6 Å². The molecular formula is C32H44N8O6S. The zero-order valence-corrected chi connectivity index (χ0v) is 27.0. The molecule has 0 spiro atoms. The molecule has 4 amide bonds. The van der Waals surface area contributed by atoms with Crippen molar-refractivity contribution in [2.45, 2.75) is 68.7 Å². The summed E-state index contributed by atoms with van der Waals surface area (Å²) in [6.07, 6.45) is 1.56. The third kappa shape index (κ3) is 11.6. The molecule has 5 atom stereocenters. The maximum Gasteiger partial charge on any atom is 0.326 e. The molecule has 1 heterocycles. The number of hydrogen-bond acceptors (Lipinski definition) is 8. The van der Waals surface area contributed by atoms with Crippen molar-refractivity contribution in [1.29, 1.82) is 0 Å². The average molecular weight is 669 g/mol. The largest absolute Gasteiger partial charge is 0.480 e. The van der Waals surface area contributed by atoms with Crippen LogP contribution >= 0.6 is 12.6 Å². The number of rotatable bonds is 17. The Labute approximate surface area is 279 Å². The standard InChI is InChI=1S/C32H44N8O6S/c33-22(17-20-9-3-1-4-10-20)27(41)39-25(19-47)30(44)40-16-8-14-26(40)29(43)38-24(18-21-11-5-2-6-12-21)28(42)37-23(31(45)46)13-7-15-36-32(34)35/h1-6,9-12,22-26,47H,7-8,13-19,33H2,(H,37,42)(H,38,43)(H,39,41)(H,45,46)(H4,34,35,36)/t22-,23-,24-,25-,26-/m0/s1. The Kier molecular flexibility index (Phi) is 14.5. The molecule has 47 heavy (non-hydrogen) atoms. The van der Waals surface area contributed by atoms with Gasteiger partial charge in [-0.1, -0.05) is 60.7 Å². The molecule has 0 saturated carbocycles. The van der Waals surface area contributed by atoms with Crippen LogP contribution in [0.25, 0.3) is 0 Å². The molecule has 1 saturated heterocycles. The molecule has 1 aliphatic rings. The molecule has 254 valence electrons. The van der Waals surface area contributed by atoms with Gasteiger partial charge >= 0.3 is 5.97 Å². The Balaban J connectivity index is 1.69. The summed E-state index contributed by atoms with van der Waals surface area (Å²) in [7, 11) is 0. The summed E-state index contributed by atoms with van der Waals surface area (Å²) < 4.78 is 0. The molecule has 2 aromatic carbocycles. The summed E-state index contributed by atoms with van der Waals surface area (Å²) in [6, 6.07) is 12.9. The van der Waals surface area contributed by atoms with E-state index < -0.39 is 59.8 Å². The molecular weight excluding hydrogens is 624 g/mol. The minimum atomic E-state index is -1.25. The second kappa shape index (κ2) is 18.5. The van der Waals surface area contributed by atoms with E-state index in [0.717, 1.165) is 11.1 Å². The number of likely N-dealkylation sites (tertiary alicyclic amines) is 1. The number of nitrogens with zero attached hydrogens (tertiary/aromatic N) is 2. The molecule has 10 N–H and O–H groups in total. The number of aliphatic imine (C=N–C) groups is 1. The molecule has 0 aliphatic carbocycles. The zero-order valence-electron chi connectivity index (χ0n) is 26.1. The number of guanidine groups is 1. The van der Waals surface area contributed by atoms with Crippen LogP contribution in [-0.2, 0) is 36.8 Å². The van der Waals surface area contributed by atoms with E-state index in [1.165, 1.54) is 4.90 Å². The molecule has 1 aliphatic heterocycles. The molecule has 3 rings (SSSR count). The van der Waals surface area contributed by atoms with Crippen LogP contribution < -0.4 is 33.2 Å². The number of nitrogens with one attached hydrogen (secondary N) is 3. The van der Waals surface area contributed by atoms with Crippen molar-refractivity contribution in [3.63, 3.8) is 0 Å². The lowest BCUT2D eigenvalue weighted by molar-refractivity contribution is -0.143. The highest BCUT2D eigenvalue weighted by Gasteiger charge is 2.39. The molecule has 0 bridgehead atoms. The number of aliphatic carboxylic acids is 1. The second-order valence-electron chi connectivity index (χ2n) is 11.3. The minimum absolute atomic E-state index is 0.0216. The number of carbonyl (C=O) groups excluding carboxylic acids is 4. The van der Waals surface area contributed by atoms with Crippen LogP contribution in [0.15, 0.2) is 65.7 Å². The number of carboxylic acids is 1. The predicted molar refractivity (Wildman–Crippen MR) is 180 cm³/mol. The molecule has 14 nitrogen and oxygen atoms in total. The lowest BCUT2D eigenvalue weighted by Crippen LogP contribution is -2.59. The fraction of sp³-hybridized carbons (Fsp3) is 0.438. The van der Waals surface area contributed by atoms with E-state index in [1.54, 1.807) is 30.3 Å². The van der Waals surface area contributed by atoms with Crippen LogP contribution in [0.4, 0.5) is 0 Å². The monoisotopic (exact) mass is 668 g/mol. The van der Waals surface area contributed by atoms with E-state index in [4.69, 9.17) is 17.2 Å². The van der Waals surface area contributed by atoms with Gasteiger partial charge in [-0.3, -0.25) is 24.2 Å². The summed E-state index contributed by atoms with van der Waals surface area (Å²) in [5.74, 6) is -3.67. The minimum Gasteiger partial charge on any atom is -0.480 e. The molecule has 2 aromatic rings. The number of carboxylic acid groups (broad SMARTS) is 1. The molecule has 0 aromatic heterocycles. The first-order valence-electron chi connectivity index (χ1n) is 15.4. The lowest BCUT2D eigenvalue weighted by atomic mass is 10.0. The Morgan fingerprint density at radius 3 is 2.04 bits per heavy atom. The maximum atomic E-state index is 13.6. The normalized spacial score (nSPS) is 16.6. The van der Waals surface area contributed by atoms with Crippen molar-refractivity contribution >= 4 is 48.2 Å². The molecule has 0 radical (unpaired) electrons. The summed E-state index contributed by atoms with van der Waals surface area (Å²) >= 11 is 4.27. The van der Waals surface area contributed by atoms with Gasteiger partial charge < -0.3 is 43.2 Å². The fourth-order valence-corrected chi connectivity index (χ4v) is 5.54. The van der Waals surface area contributed by atoms with Crippen molar-refractivity contribution in [2.24, 2.45) is 22.2 Å². The van der Waals surface area contributed by atoms with Crippen LogP contribution in [-0.4, -0.2) is 94.6 Å². The van der Waals surface area contributed by atoms with Gasteiger partial charge in [0.15, 0.2) is 5.96 Å². The van der Waals surface area contributed by atoms with Gasteiger partial charge in [-0.25, -0.2) is 4.79 Å². The van der Waals surface area contributed by atoms with E-state index in [0.29, 0.717) is 19.3 Å². The van der Waals surface area contributed by atoms with E-state index in [9.17, 15) is 29.1 Å². The quantitative estimate of drug-likeness (QED) is 0.0460. The van der Waals surface area contributed by atoms with Crippen molar-refractivity contribution in [2.75, 3.05) is 18.8 Å². The first kappa shape index (κ1) is 36.8. The van der Waals surface area contributed by atoms with Crippen molar-refractivity contribution in [1.82, 2.24) is 20.9 Å². The average Bonchev–Trinajstić information content (AvgIpc) is 3.55. The highest BCUT2D eigenvalue weighted by Crippen LogP contribution is 2.20. The Morgan fingerprint density at radius 1 is 0.872 bits per heavy atom. The van der Waals surface area contributed by atoms with Gasteiger partial charge in [0.25, 0.3) is 0 Å². The third-order valence-electron chi connectivity index (χ3n) is 7.75. The lowest BCUT2D eigenvalue weighted by Gasteiger charge is -2.30. The van der Waals surface area contributed by atoms with Crippen LogP contribution in [0.3, 0.4) is 0 Å². The summed E-state index contributed by atoms with van der Waals surface area (Å²) in [5, 5.41) is 17.7. The van der Waals surface area contributed by atoms with Crippen LogP contribution in [0.1, 0.15) is 36.8 Å². The molecule has 15 heteroatoms. The topological polar surface area (TPSA) is 235 Å². The summed E-state index contributed by atoms with van der Waals surface area (Å²) in [4.78, 5) is 70.6. The van der Waals surface area contributed by atoms with E-state index in [2.05, 4.69) is 33.6 Å². The summed E-state index contributed by atoms with van der Waals surface area (Å²) in [5.41, 5.74) is 18.4. The number of carbonyl (C=O) groups is 5. The number of thiol groups is 1. The van der Waals surface area contributed by atoms with E-state index >= 15 is 0 Å². The first-order chi connectivity index (χ1) is 22.5. The van der Waals surface area contributed by atoms with E-state index in [-0.39, 0.29) is 44.1 Å². The summed E-state index contributed by atoms with van der Waals surface area (Å²) in [6.45, 7) is 0.448. The van der Waals surface area contributed by atoms with Gasteiger partial charge in [0.1, 0.15) is 24.2 Å². The Morgan fingerprint density at radius 2 is 1.47 bits per heavy atom. The van der Waals surface area contributed by atoms with Crippen LogP contribution in [0.2, 0.25) is 0 Å². The van der Waals surface area contributed by atoms with Gasteiger partial charge in [0.05, 0.1) is 6.04 Å². The molecule has 1 fully saturated rings. The van der Waals surface area contributed by atoms with Crippen LogP contribution in [0.5, 0.6) is 0 Å². The number of benzene rings is 2. The van der Waals surface area contributed by atoms with Crippen LogP contribution in [0, 0.1) is 0 Å². The van der Waals surface area contributed by atoms with E-state index in [1.807, 2.05) is 30.3 Å². The number of hydrogen-bond donors (Lipinski definition) is 8. The predicted octanol–water partition coefficient (Wildman–Crippen LogP) is -0.687. The number of nitrogens with two attached hydrogens (primary N) is 3. The van der Waals surface area contributed by atoms with Gasteiger partial charge in [0, 0.05) is 25.3 Å². The van der Waals surface area contributed by atoms with Gasteiger partial charge in [0.2, 0.25) is 23.6 Å². The van der Waals surface area contributed by atoms with Gasteiger partial charge in [-0.05, 0) is 43.2 Å². The van der Waals surface area contributed by atoms with Crippen molar-refractivity contribution in [3.8, 4) is 0 Å². The Hall–Kier alpha value is -4.63. The highest BCUT2D eigenvalue weighted by atomic mass is 32.1. The van der Waals surface area contributed by atoms with Crippen molar-refractivity contribution < 1.29 is 29.1 Å². The third-order valence-corrected chi connectivity index (χ3v) is 8.11. The SMILES string of the molecule is NC(N)=NCCC[C@H](NC(=O)[C@H](Cc1ccccc1)NC(=O)[C@@H]1CCCN1C(=O)[C@H](CS)NC(=O)[C@@H](N)Cc1ccccc1)C(=O)O. The van der Waals surface area contributed by atoms with Gasteiger partial charge in [-0.15, -0.1) is 0 Å². The zero-order chi connectivity index (χ0) is 34.3. The smallest absolute Gasteiger partial charge is 0.326 e. The molecule has 0 unspecified atom stereocenters. The fourth-order valence-electron chi connectivity index (χ4n) is 5.29.